The summed E-state index contributed by atoms with van der Waals surface area (Å²) in [6.07, 6.45) is -0.0516. The van der Waals surface area contributed by atoms with Gasteiger partial charge < -0.3 is 19.7 Å². The first-order valence-corrected chi connectivity index (χ1v) is 6.99. The van der Waals surface area contributed by atoms with E-state index in [-0.39, 0.29) is 32.5 Å². The van der Waals surface area contributed by atoms with Gasteiger partial charge in [0.2, 0.25) is 0 Å². The Hall–Kier alpha value is -2.12. The summed E-state index contributed by atoms with van der Waals surface area (Å²) in [4.78, 5) is 42.3. The maximum atomic E-state index is 10.6. The summed E-state index contributed by atoms with van der Waals surface area (Å²) in [6.45, 7) is 7.07. The molecule has 8 heteroatoms. The van der Waals surface area contributed by atoms with Crippen molar-refractivity contribution in [2.24, 2.45) is 5.41 Å². The van der Waals surface area contributed by atoms with Gasteiger partial charge in [0.05, 0.1) is 13.2 Å². The highest BCUT2D eigenvalue weighted by Gasteiger charge is 2.42. The zero-order chi connectivity index (χ0) is 17.8. The molecule has 0 aromatic rings. The van der Waals surface area contributed by atoms with Crippen molar-refractivity contribution in [3.05, 3.63) is 0 Å². The predicted molar refractivity (Wildman–Crippen MR) is 76.2 cm³/mol. The number of hydrogen-bond acceptors (Lipinski definition) is 6. The van der Waals surface area contributed by atoms with E-state index in [1.807, 2.05) is 0 Å². The van der Waals surface area contributed by atoms with Crippen LogP contribution in [-0.4, -0.2) is 47.3 Å². The Kier molecular flexibility index (Phi) is 11.6. The number of carbonyl (C=O) groups is 4. The van der Waals surface area contributed by atoms with E-state index in [1.54, 1.807) is 27.7 Å². The van der Waals surface area contributed by atoms with Gasteiger partial charge in [-0.25, -0.2) is 0 Å². The molecule has 0 bridgehead atoms. The van der Waals surface area contributed by atoms with E-state index in [9.17, 15) is 19.2 Å². The Labute approximate surface area is 129 Å². The summed E-state index contributed by atoms with van der Waals surface area (Å²) in [5.74, 6) is -3.58. The SMILES string of the molecule is CCC(CC)(C(=O)O)C(=O)O.CCOC(=O)CC(=O)OCC. The zero-order valence-corrected chi connectivity index (χ0v) is 13.4. The summed E-state index contributed by atoms with van der Waals surface area (Å²) in [7, 11) is 0. The van der Waals surface area contributed by atoms with Crippen molar-refractivity contribution in [3.63, 3.8) is 0 Å². The molecular formula is C14H24O8. The van der Waals surface area contributed by atoms with Gasteiger partial charge in [0.25, 0.3) is 0 Å². The van der Waals surface area contributed by atoms with Crippen molar-refractivity contribution in [3.8, 4) is 0 Å². The highest BCUT2D eigenvalue weighted by atomic mass is 16.6. The molecule has 0 atom stereocenters. The van der Waals surface area contributed by atoms with Crippen LogP contribution in [0.4, 0.5) is 0 Å². The first-order chi connectivity index (χ1) is 10.2. The number of esters is 2. The second-order valence-electron chi connectivity index (χ2n) is 4.19. The van der Waals surface area contributed by atoms with Gasteiger partial charge in [0, 0.05) is 0 Å². The molecule has 0 fully saturated rings. The molecule has 0 aliphatic heterocycles. The third kappa shape index (κ3) is 7.61. The van der Waals surface area contributed by atoms with Crippen LogP contribution in [-0.2, 0) is 28.7 Å². The highest BCUT2D eigenvalue weighted by molar-refractivity contribution is 5.98. The maximum absolute atomic E-state index is 10.6. The number of carboxylic acids is 2. The topological polar surface area (TPSA) is 127 Å². The quantitative estimate of drug-likeness (QED) is 0.508. The van der Waals surface area contributed by atoms with Crippen LogP contribution in [0.2, 0.25) is 0 Å². The van der Waals surface area contributed by atoms with Crippen LogP contribution in [0, 0.1) is 5.41 Å². The van der Waals surface area contributed by atoms with Gasteiger partial charge in [0.15, 0.2) is 5.41 Å². The smallest absolute Gasteiger partial charge is 0.321 e. The second kappa shape index (κ2) is 11.5. The first-order valence-electron chi connectivity index (χ1n) is 6.99. The fourth-order valence-electron chi connectivity index (χ4n) is 1.49. The molecular weight excluding hydrogens is 296 g/mol. The van der Waals surface area contributed by atoms with Crippen LogP contribution in [0.3, 0.4) is 0 Å². The van der Waals surface area contributed by atoms with Crippen LogP contribution in [0.1, 0.15) is 47.0 Å². The Morgan fingerprint density at radius 1 is 0.773 bits per heavy atom. The van der Waals surface area contributed by atoms with Gasteiger partial charge in [-0.3, -0.25) is 19.2 Å². The lowest BCUT2D eigenvalue weighted by atomic mass is 9.83. The Morgan fingerprint density at radius 2 is 1.09 bits per heavy atom. The average Bonchev–Trinajstić information content (AvgIpc) is 2.41. The number of hydrogen-bond donors (Lipinski definition) is 2. The Bertz CT molecular complexity index is 352. The summed E-state index contributed by atoms with van der Waals surface area (Å²) >= 11 is 0. The molecule has 0 saturated heterocycles. The average molecular weight is 320 g/mol. The summed E-state index contributed by atoms with van der Waals surface area (Å²) in [5, 5.41) is 17.2. The minimum atomic E-state index is -1.58. The highest BCUT2D eigenvalue weighted by Crippen LogP contribution is 2.26. The largest absolute Gasteiger partial charge is 0.480 e. The zero-order valence-electron chi connectivity index (χ0n) is 13.4. The lowest BCUT2D eigenvalue weighted by Gasteiger charge is -2.20. The molecule has 2 N–H and O–H groups in total. The molecule has 0 saturated carbocycles. The normalized spacial score (nSPS) is 10.0. The standard InChI is InChI=1S/2C7H12O4/c1-3-7(4-2,5(8)9)6(10)11;1-3-10-6(8)5-7(9)11-4-2/h3-4H2,1-2H3,(H,8,9)(H,10,11);3-5H2,1-2H3. The van der Waals surface area contributed by atoms with Crippen LogP contribution in [0.5, 0.6) is 0 Å². The van der Waals surface area contributed by atoms with Crippen LogP contribution in [0.15, 0.2) is 0 Å². The fraction of sp³-hybridized carbons (Fsp3) is 0.714. The fourth-order valence-corrected chi connectivity index (χ4v) is 1.49. The molecule has 0 spiro atoms. The van der Waals surface area contributed by atoms with Crippen LogP contribution in [0.25, 0.3) is 0 Å². The van der Waals surface area contributed by atoms with Crippen molar-refractivity contribution >= 4 is 23.9 Å². The molecule has 0 unspecified atom stereocenters. The predicted octanol–water partition coefficient (Wildman–Crippen LogP) is 1.46. The minimum absolute atomic E-state index is 0.119. The lowest BCUT2D eigenvalue weighted by Crippen LogP contribution is -2.38. The van der Waals surface area contributed by atoms with Gasteiger partial charge in [-0.05, 0) is 26.7 Å². The van der Waals surface area contributed by atoms with E-state index in [0.29, 0.717) is 0 Å². The third-order valence-electron chi connectivity index (χ3n) is 2.93. The summed E-state index contributed by atoms with van der Waals surface area (Å²) in [5.41, 5.74) is -1.58. The molecule has 0 aromatic carbocycles. The van der Waals surface area contributed by atoms with Gasteiger partial charge in [-0.1, -0.05) is 13.8 Å². The molecule has 128 valence electrons. The van der Waals surface area contributed by atoms with E-state index in [2.05, 4.69) is 9.47 Å². The lowest BCUT2D eigenvalue weighted by molar-refractivity contribution is -0.165. The number of rotatable bonds is 8. The van der Waals surface area contributed by atoms with Crippen molar-refractivity contribution in [2.75, 3.05) is 13.2 Å². The molecule has 0 amide bonds. The maximum Gasteiger partial charge on any atom is 0.321 e. The van der Waals surface area contributed by atoms with Crippen molar-refractivity contribution in [1.29, 1.82) is 0 Å². The Balaban J connectivity index is 0. The van der Waals surface area contributed by atoms with Crippen molar-refractivity contribution in [1.82, 2.24) is 0 Å². The van der Waals surface area contributed by atoms with E-state index < -0.39 is 29.3 Å². The van der Waals surface area contributed by atoms with Crippen molar-refractivity contribution in [2.45, 2.75) is 47.0 Å². The Morgan fingerprint density at radius 3 is 1.23 bits per heavy atom. The van der Waals surface area contributed by atoms with E-state index in [4.69, 9.17) is 10.2 Å². The summed E-state index contributed by atoms with van der Waals surface area (Å²) < 4.78 is 9.04. The number of ether oxygens (including phenoxy) is 2. The van der Waals surface area contributed by atoms with Gasteiger partial charge in [-0.2, -0.15) is 0 Å². The molecule has 0 heterocycles. The molecule has 0 aliphatic rings. The summed E-state index contributed by atoms with van der Waals surface area (Å²) in [6, 6.07) is 0. The monoisotopic (exact) mass is 320 g/mol. The molecule has 22 heavy (non-hydrogen) atoms. The van der Waals surface area contributed by atoms with E-state index in [1.165, 1.54) is 0 Å². The number of carbonyl (C=O) groups excluding carboxylic acids is 2. The van der Waals surface area contributed by atoms with Gasteiger partial charge in [0.1, 0.15) is 6.42 Å². The second-order valence-corrected chi connectivity index (χ2v) is 4.19. The van der Waals surface area contributed by atoms with Gasteiger partial charge >= 0.3 is 23.9 Å². The molecule has 0 aliphatic carbocycles. The molecule has 8 nitrogen and oxygen atoms in total. The number of carboxylic acid groups (broad SMARTS) is 2. The molecule has 0 rings (SSSR count). The van der Waals surface area contributed by atoms with E-state index >= 15 is 0 Å². The van der Waals surface area contributed by atoms with Crippen LogP contribution >= 0.6 is 0 Å². The van der Waals surface area contributed by atoms with E-state index in [0.717, 1.165) is 0 Å². The van der Waals surface area contributed by atoms with Gasteiger partial charge in [-0.15, -0.1) is 0 Å². The number of aliphatic carboxylic acids is 2. The van der Waals surface area contributed by atoms with Crippen molar-refractivity contribution < 1.29 is 38.9 Å². The van der Waals surface area contributed by atoms with Crippen LogP contribution < -0.4 is 0 Å². The minimum Gasteiger partial charge on any atom is -0.480 e. The molecule has 0 radical (unpaired) electrons. The first kappa shape index (κ1) is 22.2. The third-order valence-corrected chi connectivity index (χ3v) is 2.93. The molecule has 0 aromatic heterocycles.